The molecule has 81 heavy (non-hydrogen) atoms. The maximum absolute atomic E-state index is 12.8. The molecule has 10 heteroatoms. The fourth-order valence-corrected chi connectivity index (χ4v) is 11.8. The molecule has 3 N–H and O–H groups in total. The molecule has 0 rings (SSSR count). The Labute approximate surface area is 503 Å². The van der Waals surface area contributed by atoms with Gasteiger partial charge < -0.3 is 20.1 Å². The van der Waals surface area contributed by atoms with E-state index in [1.165, 1.54) is 321 Å². The Morgan fingerprint density at radius 1 is 0.358 bits per heavy atom. The van der Waals surface area contributed by atoms with Gasteiger partial charge in [-0.25, -0.2) is 4.57 Å². The van der Waals surface area contributed by atoms with E-state index >= 15 is 0 Å². The van der Waals surface area contributed by atoms with Crippen LogP contribution in [0.1, 0.15) is 386 Å². The minimum Gasteiger partial charge on any atom is -0.462 e. The molecule has 0 heterocycles. The molecule has 0 fully saturated rings. The van der Waals surface area contributed by atoms with Gasteiger partial charge in [-0.05, 0) is 64.2 Å². The summed E-state index contributed by atoms with van der Waals surface area (Å²) in [4.78, 5) is 35.4. The number of ether oxygens (including phenoxy) is 2. The molecule has 2 unspecified atom stereocenters. The molecule has 0 spiro atoms. The van der Waals surface area contributed by atoms with Gasteiger partial charge in [0.1, 0.15) is 6.61 Å². The quantitative estimate of drug-likeness (QED) is 0.0264. The molecule has 0 aromatic heterocycles. The number of phosphoric acid groups is 1. The Morgan fingerprint density at radius 2 is 0.605 bits per heavy atom. The molecule has 0 amide bonds. The van der Waals surface area contributed by atoms with Gasteiger partial charge in [0.25, 0.3) is 0 Å². The first-order valence-corrected chi connectivity index (χ1v) is 37.3. The van der Waals surface area contributed by atoms with E-state index in [2.05, 4.69) is 38.2 Å². The topological polar surface area (TPSA) is 134 Å². The zero-order valence-corrected chi connectivity index (χ0v) is 55.0. The van der Waals surface area contributed by atoms with Gasteiger partial charge in [-0.1, -0.05) is 334 Å². The van der Waals surface area contributed by atoms with Crippen LogP contribution in [0, 0.1) is 0 Å². The van der Waals surface area contributed by atoms with E-state index in [1.54, 1.807) is 0 Å². The molecule has 0 saturated carbocycles. The van der Waals surface area contributed by atoms with Crippen molar-refractivity contribution in [2.75, 3.05) is 26.4 Å². The molecule has 0 bridgehead atoms. The molecule has 0 aliphatic carbocycles. The first kappa shape index (κ1) is 79.5. The summed E-state index contributed by atoms with van der Waals surface area (Å²) in [6.45, 7) is 3.82. The number of hydrogen-bond acceptors (Lipinski definition) is 8. The summed E-state index contributed by atoms with van der Waals surface area (Å²) < 4.78 is 33.2. The summed E-state index contributed by atoms with van der Waals surface area (Å²) in [6, 6.07) is 0. The van der Waals surface area contributed by atoms with Crippen molar-refractivity contribution in [2.45, 2.75) is 392 Å². The van der Waals surface area contributed by atoms with Crippen molar-refractivity contribution in [1.29, 1.82) is 0 Å². The van der Waals surface area contributed by atoms with E-state index in [1.807, 2.05) is 0 Å². The number of carbonyl (C=O) groups is 2. The second-order valence-electron chi connectivity index (χ2n) is 24.5. The van der Waals surface area contributed by atoms with E-state index in [4.69, 9.17) is 24.3 Å². The van der Waals surface area contributed by atoms with E-state index in [0.29, 0.717) is 6.42 Å². The lowest BCUT2D eigenvalue weighted by atomic mass is 10.0. The molecule has 480 valence electrons. The Bertz CT molecular complexity index is 1380. The molecule has 9 nitrogen and oxygen atoms in total. The number of esters is 2. The standard InChI is InChI=1S/C71H138NO8P/c1-3-5-7-9-11-13-15-17-19-21-23-25-27-29-31-32-33-34-35-36-38-40-42-44-46-48-50-52-54-56-58-60-62-64-71(74)80-69(68-79-81(75,76)78-66-65-72)67-77-70(73)63-61-59-57-55-53-51-49-47-45-43-41-39-37-30-28-26-24-22-20-18-16-14-12-10-8-6-4-2/h21-24,69H,3-20,25-68,72H2,1-2H3,(H,75,76)/b23-21-,24-22-. The summed E-state index contributed by atoms with van der Waals surface area (Å²) in [6.07, 6.45) is 82.9. The number of unbranched alkanes of at least 4 members (excludes halogenated alkanes) is 52. The molecule has 0 saturated heterocycles. The van der Waals surface area contributed by atoms with Crippen LogP contribution in [0.3, 0.4) is 0 Å². The van der Waals surface area contributed by atoms with Gasteiger partial charge in [0.2, 0.25) is 0 Å². The molecular weight excluding hydrogens is 1030 g/mol. The number of allylic oxidation sites excluding steroid dienone is 4. The number of carbonyl (C=O) groups excluding carboxylic acids is 2. The van der Waals surface area contributed by atoms with E-state index < -0.39 is 26.5 Å². The highest BCUT2D eigenvalue weighted by Gasteiger charge is 2.26. The monoisotopic (exact) mass is 1160 g/mol. The minimum absolute atomic E-state index is 0.0568. The molecule has 0 radical (unpaired) electrons. The Morgan fingerprint density at radius 3 is 0.877 bits per heavy atom. The van der Waals surface area contributed by atoms with Crippen molar-refractivity contribution in [2.24, 2.45) is 5.73 Å². The largest absolute Gasteiger partial charge is 0.472 e. The van der Waals surface area contributed by atoms with E-state index in [0.717, 1.165) is 32.1 Å². The van der Waals surface area contributed by atoms with Crippen LogP contribution in [-0.4, -0.2) is 49.3 Å². The Balaban J connectivity index is 3.80. The van der Waals surface area contributed by atoms with Crippen molar-refractivity contribution in [1.82, 2.24) is 0 Å². The van der Waals surface area contributed by atoms with Crippen LogP contribution >= 0.6 is 7.82 Å². The van der Waals surface area contributed by atoms with Gasteiger partial charge in [-0.15, -0.1) is 0 Å². The average Bonchev–Trinajstić information content (AvgIpc) is 3.46. The fourth-order valence-electron chi connectivity index (χ4n) is 11.0. The van der Waals surface area contributed by atoms with Gasteiger partial charge >= 0.3 is 19.8 Å². The highest BCUT2D eigenvalue weighted by Crippen LogP contribution is 2.43. The summed E-state index contributed by atoms with van der Waals surface area (Å²) in [7, 11) is -4.39. The molecule has 0 aliphatic rings. The zero-order valence-electron chi connectivity index (χ0n) is 54.1. The lowest BCUT2D eigenvalue weighted by Gasteiger charge is -2.19. The van der Waals surface area contributed by atoms with Crippen molar-refractivity contribution in [3.63, 3.8) is 0 Å². The first-order valence-electron chi connectivity index (χ1n) is 35.8. The molecule has 0 aromatic rings. The number of phosphoric ester groups is 1. The number of nitrogens with two attached hydrogens (primary N) is 1. The van der Waals surface area contributed by atoms with Crippen molar-refractivity contribution < 1.29 is 37.6 Å². The summed E-state index contributed by atoms with van der Waals surface area (Å²) in [5.74, 6) is -0.803. The van der Waals surface area contributed by atoms with Gasteiger partial charge in [0.15, 0.2) is 6.10 Å². The van der Waals surface area contributed by atoms with Crippen LogP contribution in [0.4, 0.5) is 0 Å². The van der Waals surface area contributed by atoms with Crippen molar-refractivity contribution >= 4 is 19.8 Å². The predicted molar refractivity (Wildman–Crippen MR) is 349 cm³/mol. The van der Waals surface area contributed by atoms with E-state index in [9.17, 15) is 19.0 Å². The SMILES string of the molecule is CCCCCCCCCC/C=C\CCCCCCCCCCCCCCCCCCCCCCCC(=O)OC(COC(=O)CCCCCCCCCCCCCCCCC/C=C\CCCCCCCCCC)COP(=O)(O)OCCN. The number of hydrogen-bond donors (Lipinski definition) is 2. The third kappa shape index (κ3) is 67.5. The van der Waals surface area contributed by atoms with Gasteiger partial charge in [-0.2, -0.15) is 0 Å². The molecule has 2 atom stereocenters. The van der Waals surface area contributed by atoms with Crippen LogP contribution in [0.2, 0.25) is 0 Å². The first-order chi connectivity index (χ1) is 39.8. The zero-order chi connectivity index (χ0) is 58.7. The van der Waals surface area contributed by atoms with Crippen LogP contribution in [0.25, 0.3) is 0 Å². The fraction of sp³-hybridized carbons (Fsp3) is 0.915. The van der Waals surface area contributed by atoms with Gasteiger partial charge in [0, 0.05) is 19.4 Å². The maximum atomic E-state index is 12.8. The average molecular weight is 1160 g/mol. The van der Waals surface area contributed by atoms with Gasteiger partial charge in [0.05, 0.1) is 13.2 Å². The summed E-state index contributed by atoms with van der Waals surface area (Å²) >= 11 is 0. The third-order valence-corrected chi connectivity index (χ3v) is 17.3. The van der Waals surface area contributed by atoms with Crippen molar-refractivity contribution in [3.8, 4) is 0 Å². The molecular formula is C71H138NO8P. The normalized spacial score (nSPS) is 13.0. The second-order valence-corrected chi connectivity index (χ2v) is 25.9. The van der Waals surface area contributed by atoms with Gasteiger partial charge in [-0.3, -0.25) is 18.6 Å². The Hall–Kier alpha value is -1.51. The maximum Gasteiger partial charge on any atom is 0.472 e. The summed E-state index contributed by atoms with van der Waals surface area (Å²) in [5, 5.41) is 0. The van der Waals surface area contributed by atoms with Crippen LogP contribution in [-0.2, 0) is 32.7 Å². The van der Waals surface area contributed by atoms with Crippen LogP contribution < -0.4 is 5.73 Å². The van der Waals surface area contributed by atoms with Crippen LogP contribution in [0.15, 0.2) is 24.3 Å². The molecule has 0 aromatic carbocycles. The lowest BCUT2D eigenvalue weighted by molar-refractivity contribution is -0.161. The predicted octanol–water partition coefficient (Wildman–Crippen LogP) is 23.3. The van der Waals surface area contributed by atoms with Crippen LogP contribution in [0.5, 0.6) is 0 Å². The number of rotatable bonds is 69. The highest BCUT2D eigenvalue weighted by molar-refractivity contribution is 7.47. The second kappa shape index (κ2) is 67.6. The molecule has 0 aliphatic heterocycles. The van der Waals surface area contributed by atoms with Crippen molar-refractivity contribution in [3.05, 3.63) is 24.3 Å². The minimum atomic E-state index is -4.39. The lowest BCUT2D eigenvalue weighted by Crippen LogP contribution is -2.29. The highest BCUT2D eigenvalue weighted by atomic mass is 31.2. The summed E-state index contributed by atoms with van der Waals surface area (Å²) in [5.41, 5.74) is 5.40. The van der Waals surface area contributed by atoms with E-state index in [-0.39, 0.29) is 38.6 Å². The third-order valence-electron chi connectivity index (χ3n) is 16.3. The smallest absolute Gasteiger partial charge is 0.462 e. The Kier molecular flexibility index (Phi) is 66.4.